The Morgan fingerprint density at radius 2 is 1.76 bits per heavy atom. The van der Waals surface area contributed by atoms with Crippen LogP contribution in [0.5, 0.6) is 0 Å². The first-order chi connectivity index (χ1) is 16.4. The van der Waals surface area contributed by atoms with Gasteiger partial charge in [-0.25, -0.2) is 4.39 Å². The number of fused-ring (bicyclic) bond motifs is 1. The Morgan fingerprint density at radius 3 is 2.50 bits per heavy atom. The van der Waals surface area contributed by atoms with E-state index in [0.29, 0.717) is 21.8 Å². The molecule has 0 fully saturated rings. The van der Waals surface area contributed by atoms with Crippen LogP contribution < -0.4 is 5.56 Å². The van der Waals surface area contributed by atoms with Crippen LogP contribution in [0.3, 0.4) is 0 Å². The van der Waals surface area contributed by atoms with Crippen molar-refractivity contribution in [2.24, 2.45) is 0 Å². The molecule has 0 aliphatic carbocycles. The first-order valence-electron chi connectivity index (χ1n) is 11.1. The summed E-state index contributed by atoms with van der Waals surface area (Å²) in [5.41, 5.74) is 1.87. The Hall–Kier alpha value is -2.75. The Kier molecular flexibility index (Phi) is 7.65. The molecule has 1 heterocycles. The third-order valence-electron chi connectivity index (χ3n) is 5.72. The van der Waals surface area contributed by atoms with Crippen LogP contribution in [-0.2, 0) is 5.21 Å². The zero-order valence-corrected chi connectivity index (χ0v) is 21.6. The molecule has 7 heteroatoms. The number of aromatic nitrogens is 2. The Bertz CT molecular complexity index is 1430. The van der Waals surface area contributed by atoms with Gasteiger partial charge >= 0.3 is 203 Å². The molecule has 3 nitrogen and oxygen atoms in total. The summed E-state index contributed by atoms with van der Waals surface area (Å²) in [5.74, 6) is -0.598. The molecule has 0 unspecified atom stereocenters. The van der Waals surface area contributed by atoms with Gasteiger partial charge in [0.15, 0.2) is 0 Å². The van der Waals surface area contributed by atoms with Gasteiger partial charge in [-0.3, -0.25) is 0 Å². The predicted molar refractivity (Wildman–Crippen MR) is 138 cm³/mol. The molecule has 0 atom stereocenters. The molecule has 0 bridgehead atoms. The normalized spacial score (nSPS) is 11.7. The maximum absolute atomic E-state index is 14.6. The molecule has 34 heavy (non-hydrogen) atoms. The van der Waals surface area contributed by atoms with Crippen LogP contribution in [0.15, 0.2) is 65.5 Å². The SMILES string of the molecule is CC[As](CC)Cc1ccc(F)c(C=Cc2nc3ccc(F)cc3c(=O)n2-c2ccccc2Cl)c1. The molecule has 0 saturated heterocycles. The van der Waals surface area contributed by atoms with Crippen LogP contribution in [0.1, 0.15) is 30.8 Å². The van der Waals surface area contributed by atoms with E-state index in [1.54, 1.807) is 36.4 Å². The van der Waals surface area contributed by atoms with E-state index in [4.69, 9.17) is 11.6 Å². The van der Waals surface area contributed by atoms with Gasteiger partial charge in [0.05, 0.1) is 0 Å². The average molecular weight is 541 g/mol. The van der Waals surface area contributed by atoms with Crippen molar-refractivity contribution in [1.29, 1.82) is 0 Å². The van der Waals surface area contributed by atoms with Gasteiger partial charge in [0.1, 0.15) is 0 Å². The van der Waals surface area contributed by atoms with Gasteiger partial charge in [-0.15, -0.1) is 0 Å². The fourth-order valence-electron chi connectivity index (χ4n) is 3.84. The number of benzene rings is 3. The van der Waals surface area contributed by atoms with Crippen molar-refractivity contribution in [3.63, 3.8) is 0 Å². The zero-order chi connectivity index (χ0) is 24.2. The molecule has 0 aliphatic heterocycles. The van der Waals surface area contributed by atoms with E-state index in [2.05, 4.69) is 18.8 Å². The fraction of sp³-hybridized carbons (Fsp3) is 0.185. The van der Waals surface area contributed by atoms with Crippen molar-refractivity contribution in [2.75, 3.05) is 0 Å². The summed E-state index contributed by atoms with van der Waals surface area (Å²) in [6, 6.07) is 16.0. The molecule has 4 aromatic rings. The second kappa shape index (κ2) is 10.7. The van der Waals surface area contributed by atoms with Crippen LogP contribution in [0.4, 0.5) is 8.78 Å². The molecular formula is C27H24AsClF2N2O. The molecule has 0 saturated carbocycles. The fourth-order valence-corrected chi connectivity index (χ4v) is 7.43. The number of para-hydroxylation sites is 1. The number of hydrogen-bond donors (Lipinski definition) is 0. The molecule has 4 rings (SSSR count). The first-order valence-corrected chi connectivity index (χ1v) is 15.4. The number of halogens is 3. The Morgan fingerprint density at radius 1 is 1.00 bits per heavy atom. The quantitative estimate of drug-likeness (QED) is 0.234. The van der Waals surface area contributed by atoms with Gasteiger partial charge < -0.3 is 0 Å². The minimum atomic E-state index is -0.949. The van der Waals surface area contributed by atoms with E-state index in [1.165, 1.54) is 33.2 Å². The molecule has 0 aliphatic rings. The van der Waals surface area contributed by atoms with E-state index in [1.807, 2.05) is 12.1 Å². The van der Waals surface area contributed by atoms with Crippen molar-refractivity contribution < 1.29 is 8.78 Å². The topological polar surface area (TPSA) is 34.9 Å². The molecule has 0 spiro atoms. The second-order valence-electron chi connectivity index (χ2n) is 7.87. The van der Waals surface area contributed by atoms with E-state index >= 15 is 0 Å². The molecule has 1 aromatic heterocycles. The van der Waals surface area contributed by atoms with Crippen molar-refractivity contribution in [1.82, 2.24) is 9.55 Å². The van der Waals surface area contributed by atoms with E-state index in [0.717, 1.165) is 16.8 Å². The number of rotatable bonds is 7. The van der Waals surface area contributed by atoms with Gasteiger partial charge in [-0.05, 0) is 0 Å². The monoisotopic (exact) mass is 540 g/mol. The van der Waals surface area contributed by atoms with Crippen LogP contribution in [0, 0.1) is 11.6 Å². The van der Waals surface area contributed by atoms with Crippen LogP contribution in [-0.4, -0.2) is 24.2 Å². The zero-order valence-electron chi connectivity index (χ0n) is 18.9. The van der Waals surface area contributed by atoms with Crippen LogP contribution in [0.2, 0.25) is 15.4 Å². The molecule has 0 amide bonds. The van der Waals surface area contributed by atoms with E-state index in [9.17, 15) is 13.6 Å². The van der Waals surface area contributed by atoms with Crippen LogP contribution in [0.25, 0.3) is 28.7 Å². The first kappa shape index (κ1) is 24.4. The van der Waals surface area contributed by atoms with Gasteiger partial charge in [-0.1, -0.05) is 0 Å². The van der Waals surface area contributed by atoms with Gasteiger partial charge in [-0.2, -0.15) is 0 Å². The molecular weight excluding hydrogens is 517 g/mol. The van der Waals surface area contributed by atoms with Crippen molar-refractivity contribution in [3.05, 3.63) is 105 Å². The average Bonchev–Trinajstić information content (AvgIpc) is 2.84. The molecule has 0 radical (unpaired) electrons. The van der Waals surface area contributed by atoms with Crippen LogP contribution >= 0.6 is 11.6 Å². The van der Waals surface area contributed by atoms with Gasteiger partial charge in [0.25, 0.3) is 0 Å². The summed E-state index contributed by atoms with van der Waals surface area (Å²) in [6.07, 6.45) is 3.23. The van der Waals surface area contributed by atoms with Crippen molar-refractivity contribution >= 4 is 49.3 Å². The third kappa shape index (κ3) is 5.16. The predicted octanol–water partition coefficient (Wildman–Crippen LogP) is 7.10. The molecule has 3 aromatic carbocycles. The Balaban J connectivity index is 1.85. The van der Waals surface area contributed by atoms with E-state index in [-0.39, 0.29) is 17.0 Å². The summed E-state index contributed by atoms with van der Waals surface area (Å²) < 4.78 is 29.8. The van der Waals surface area contributed by atoms with E-state index < -0.39 is 26.0 Å². The van der Waals surface area contributed by atoms with Crippen molar-refractivity contribution in [3.8, 4) is 5.69 Å². The van der Waals surface area contributed by atoms with Gasteiger partial charge in [0, 0.05) is 0 Å². The molecule has 174 valence electrons. The standard InChI is InChI=1S/C27H24AsClF2N2O/c1-3-28(4-2)17-18-9-12-23(31)19(15-18)10-14-26-32-24-13-11-20(30)16-21(24)27(34)33(26)25-8-6-5-7-22(25)29/h5-16H,3-4,17H2,1-2H3. The summed E-state index contributed by atoms with van der Waals surface area (Å²) >= 11 is 5.43. The third-order valence-corrected chi connectivity index (χ3v) is 11.5. The number of hydrogen-bond acceptors (Lipinski definition) is 2. The summed E-state index contributed by atoms with van der Waals surface area (Å²) in [5, 5.41) is 3.92. The molecule has 0 N–H and O–H groups in total. The minimum absolute atomic E-state index is 0.139. The second-order valence-corrected chi connectivity index (χ2v) is 14.4. The maximum atomic E-state index is 14.6. The van der Waals surface area contributed by atoms with Gasteiger partial charge in [0.2, 0.25) is 0 Å². The summed E-state index contributed by atoms with van der Waals surface area (Å²) in [7, 11) is 0. The summed E-state index contributed by atoms with van der Waals surface area (Å²) in [6.45, 7) is 4.44. The van der Waals surface area contributed by atoms with Crippen molar-refractivity contribution in [2.45, 2.75) is 29.5 Å². The number of nitrogens with zero attached hydrogens (tertiary/aromatic N) is 2. The Labute approximate surface area is 207 Å². The summed E-state index contributed by atoms with van der Waals surface area (Å²) in [4.78, 5) is 17.9.